The number of nitrogens with one attached hydrogen (secondary N) is 1. The van der Waals surface area contributed by atoms with Gasteiger partial charge in [0.05, 0.1) is 4.90 Å². The van der Waals surface area contributed by atoms with Crippen molar-refractivity contribution in [2.45, 2.75) is 30.7 Å². The van der Waals surface area contributed by atoms with Crippen molar-refractivity contribution in [2.24, 2.45) is 0 Å². The second-order valence-electron chi connectivity index (χ2n) is 6.75. The molecule has 154 valence electrons. The minimum Gasteiger partial charge on any atom is -0.454 e. The molecule has 0 radical (unpaired) electrons. The van der Waals surface area contributed by atoms with E-state index in [4.69, 9.17) is 16.3 Å². The quantitative estimate of drug-likeness (QED) is 0.702. The first-order valence-electron chi connectivity index (χ1n) is 9.08. The van der Waals surface area contributed by atoms with E-state index in [0.29, 0.717) is 23.6 Å². The molecule has 0 aliphatic carbocycles. The van der Waals surface area contributed by atoms with Crippen LogP contribution < -0.4 is 5.32 Å². The SMILES string of the molecule is Cc1cccc(NC(=O)COC(=O)[C@@H]2CCCN2S(=O)(=O)c2ccc(Cl)cc2)c1. The molecule has 1 heterocycles. The van der Waals surface area contributed by atoms with Gasteiger partial charge in [-0.05, 0) is 61.7 Å². The first-order valence-corrected chi connectivity index (χ1v) is 10.9. The van der Waals surface area contributed by atoms with Gasteiger partial charge in [0.25, 0.3) is 5.91 Å². The molecular formula is C20H21ClN2O5S. The number of ether oxygens (including phenoxy) is 1. The lowest BCUT2D eigenvalue weighted by Gasteiger charge is -2.22. The van der Waals surface area contributed by atoms with Gasteiger partial charge in [0, 0.05) is 17.3 Å². The Morgan fingerprint density at radius 2 is 1.93 bits per heavy atom. The summed E-state index contributed by atoms with van der Waals surface area (Å²) in [6.07, 6.45) is 0.868. The highest BCUT2D eigenvalue weighted by atomic mass is 35.5. The summed E-state index contributed by atoms with van der Waals surface area (Å²) in [5, 5.41) is 3.06. The zero-order valence-electron chi connectivity index (χ0n) is 15.8. The molecule has 2 aromatic rings. The van der Waals surface area contributed by atoms with Crippen molar-refractivity contribution in [1.29, 1.82) is 0 Å². The fourth-order valence-corrected chi connectivity index (χ4v) is 4.93. The van der Waals surface area contributed by atoms with Crippen LogP contribution >= 0.6 is 11.6 Å². The van der Waals surface area contributed by atoms with Gasteiger partial charge in [-0.25, -0.2) is 8.42 Å². The number of aryl methyl sites for hydroxylation is 1. The summed E-state index contributed by atoms with van der Waals surface area (Å²) in [5.41, 5.74) is 1.58. The van der Waals surface area contributed by atoms with Gasteiger partial charge in [0.1, 0.15) is 6.04 Å². The summed E-state index contributed by atoms with van der Waals surface area (Å²) in [4.78, 5) is 24.6. The van der Waals surface area contributed by atoms with Crippen molar-refractivity contribution in [3.8, 4) is 0 Å². The van der Waals surface area contributed by atoms with Gasteiger partial charge in [0.15, 0.2) is 6.61 Å². The summed E-state index contributed by atoms with van der Waals surface area (Å²) in [5.74, 6) is -1.23. The van der Waals surface area contributed by atoms with Gasteiger partial charge in [-0.3, -0.25) is 9.59 Å². The van der Waals surface area contributed by atoms with E-state index in [1.807, 2.05) is 13.0 Å². The van der Waals surface area contributed by atoms with E-state index in [-0.39, 0.29) is 11.4 Å². The predicted molar refractivity (Wildman–Crippen MR) is 109 cm³/mol. The molecule has 0 saturated carbocycles. The van der Waals surface area contributed by atoms with Crippen LogP contribution in [0.4, 0.5) is 5.69 Å². The van der Waals surface area contributed by atoms with Gasteiger partial charge >= 0.3 is 5.97 Å². The van der Waals surface area contributed by atoms with Gasteiger partial charge in [-0.1, -0.05) is 23.7 Å². The van der Waals surface area contributed by atoms with Crippen molar-refractivity contribution in [3.63, 3.8) is 0 Å². The van der Waals surface area contributed by atoms with Crippen LogP contribution in [0.15, 0.2) is 53.4 Å². The minimum absolute atomic E-state index is 0.0544. The minimum atomic E-state index is -3.87. The number of halogens is 1. The Labute approximate surface area is 174 Å². The molecular weight excluding hydrogens is 416 g/mol. The Bertz CT molecular complexity index is 1010. The molecule has 1 amide bonds. The molecule has 1 saturated heterocycles. The summed E-state index contributed by atoms with van der Waals surface area (Å²) >= 11 is 5.82. The van der Waals surface area contributed by atoms with E-state index in [9.17, 15) is 18.0 Å². The number of nitrogens with zero attached hydrogens (tertiary/aromatic N) is 1. The first-order chi connectivity index (χ1) is 13.8. The van der Waals surface area contributed by atoms with E-state index in [1.165, 1.54) is 24.3 Å². The van der Waals surface area contributed by atoms with Crippen molar-refractivity contribution < 1.29 is 22.7 Å². The summed E-state index contributed by atoms with van der Waals surface area (Å²) in [7, 11) is -3.87. The van der Waals surface area contributed by atoms with Gasteiger partial charge < -0.3 is 10.1 Å². The molecule has 1 N–H and O–H groups in total. The topological polar surface area (TPSA) is 92.8 Å². The maximum absolute atomic E-state index is 12.9. The molecule has 7 nitrogen and oxygen atoms in total. The second-order valence-corrected chi connectivity index (χ2v) is 9.08. The van der Waals surface area contributed by atoms with E-state index >= 15 is 0 Å². The van der Waals surface area contributed by atoms with Crippen molar-refractivity contribution in [2.75, 3.05) is 18.5 Å². The van der Waals surface area contributed by atoms with E-state index in [2.05, 4.69) is 5.32 Å². The van der Waals surface area contributed by atoms with Crippen LogP contribution in [-0.4, -0.2) is 43.8 Å². The third-order valence-electron chi connectivity index (χ3n) is 4.54. The molecule has 0 spiro atoms. The van der Waals surface area contributed by atoms with Gasteiger partial charge in [0.2, 0.25) is 10.0 Å². The molecule has 2 aromatic carbocycles. The largest absolute Gasteiger partial charge is 0.454 e. The number of hydrogen-bond donors (Lipinski definition) is 1. The fraction of sp³-hybridized carbons (Fsp3) is 0.300. The summed E-state index contributed by atoms with van der Waals surface area (Å²) in [6.45, 7) is 1.61. The molecule has 0 bridgehead atoms. The number of amides is 1. The zero-order valence-corrected chi connectivity index (χ0v) is 17.4. The predicted octanol–water partition coefficient (Wildman–Crippen LogP) is 2.98. The second kappa shape index (κ2) is 8.94. The molecule has 1 aliphatic heterocycles. The Kier molecular flexibility index (Phi) is 6.56. The van der Waals surface area contributed by atoms with Crippen molar-refractivity contribution >= 4 is 39.2 Å². The molecule has 1 aliphatic rings. The highest BCUT2D eigenvalue weighted by molar-refractivity contribution is 7.89. The Hall–Kier alpha value is -2.42. The normalized spacial score (nSPS) is 17.1. The van der Waals surface area contributed by atoms with E-state index in [0.717, 1.165) is 9.87 Å². The average Bonchev–Trinajstić information content (AvgIpc) is 3.17. The lowest BCUT2D eigenvalue weighted by Crippen LogP contribution is -2.42. The Balaban J connectivity index is 1.62. The Morgan fingerprint density at radius 1 is 1.21 bits per heavy atom. The third kappa shape index (κ3) is 5.14. The third-order valence-corrected chi connectivity index (χ3v) is 6.72. The number of anilines is 1. The maximum atomic E-state index is 12.9. The Morgan fingerprint density at radius 3 is 2.62 bits per heavy atom. The van der Waals surface area contributed by atoms with Crippen LogP contribution in [0.3, 0.4) is 0 Å². The number of sulfonamides is 1. The number of hydrogen-bond acceptors (Lipinski definition) is 5. The van der Waals surface area contributed by atoms with E-state index < -0.39 is 34.5 Å². The summed E-state index contributed by atoms with van der Waals surface area (Å²) < 4.78 is 31.9. The molecule has 1 atom stereocenters. The van der Waals surface area contributed by atoms with Crippen LogP contribution in [0.25, 0.3) is 0 Å². The standard InChI is InChI=1S/C20H21ClN2O5S/c1-14-4-2-5-16(12-14)22-19(24)13-28-20(25)18-6-3-11-23(18)29(26,27)17-9-7-15(21)8-10-17/h2,4-5,7-10,12,18H,3,6,11,13H2,1H3,(H,22,24)/t18-/m0/s1. The first kappa shape index (κ1) is 21.3. The van der Waals surface area contributed by atoms with Crippen LogP contribution in [0, 0.1) is 6.92 Å². The maximum Gasteiger partial charge on any atom is 0.324 e. The van der Waals surface area contributed by atoms with Gasteiger partial charge in [-0.2, -0.15) is 4.31 Å². The molecule has 1 fully saturated rings. The number of carbonyl (C=O) groups excluding carboxylic acids is 2. The number of benzene rings is 2. The smallest absolute Gasteiger partial charge is 0.324 e. The number of rotatable bonds is 6. The number of esters is 1. The number of carbonyl (C=O) groups is 2. The van der Waals surface area contributed by atoms with Crippen LogP contribution in [0.1, 0.15) is 18.4 Å². The van der Waals surface area contributed by atoms with Crippen molar-refractivity contribution in [1.82, 2.24) is 4.31 Å². The van der Waals surface area contributed by atoms with Crippen LogP contribution in [0.2, 0.25) is 5.02 Å². The van der Waals surface area contributed by atoms with Crippen LogP contribution in [0.5, 0.6) is 0 Å². The molecule has 3 rings (SSSR count). The monoisotopic (exact) mass is 436 g/mol. The van der Waals surface area contributed by atoms with Crippen molar-refractivity contribution in [3.05, 3.63) is 59.1 Å². The lowest BCUT2D eigenvalue weighted by molar-refractivity contribution is -0.150. The highest BCUT2D eigenvalue weighted by Gasteiger charge is 2.40. The zero-order chi connectivity index (χ0) is 21.0. The fourth-order valence-electron chi connectivity index (χ4n) is 3.16. The lowest BCUT2D eigenvalue weighted by atomic mass is 10.2. The molecule has 0 aromatic heterocycles. The molecule has 9 heteroatoms. The highest BCUT2D eigenvalue weighted by Crippen LogP contribution is 2.27. The molecule has 0 unspecified atom stereocenters. The average molecular weight is 437 g/mol. The van der Waals surface area contributed by atoms with E-state index in [1.54, 1.807) is 18.2 Å². The van der Waals surface area contributed by atoms with Crippen LogP contribution in [-0.2, 0) is 24.3 Å². The van der Waals surface area contributed by atoms with Gasteiger partial charge in [-0.15, -0.1) is 0 Å². The summed E-state index contributed by atoms with van der Waals surface area (Å²) in [6, 6.07) is 12.0. The molecule has 29 heavy (non-hydrogen) atoms.